The van der Waals surface area contributed by atoms with Crippen LogP contribution in [0.5, 0.6) is 0 Å². The lowest BCUT2D eigenvalue weighted by Gasteiger charge is -2.18. The van der Waals surface area contributed by atoms with E-state index in [2.05, 4.69) is 17.4 Å². The number of para-hydroxylation sites is 1. The summed E-state index contributed by atoms with van der Waals surface area (Å²) < 4.78 is 2.04. The van der Waals surface area contributed by atoms with Crippen molar-refractivity contribution in [3.05, 3.63) is 99.0 Å². The molecule has 27 heavy (non-hydrogen) atoms. The first-order valence-corrected chi connectivity index (χ1v) is 9.09. The van der Waals surface area contributed by atoms with E-state index in [9.17, 15) is 9.59 Å². The molecule has 0 saturated heterocycles. The molecule has 0 spiro atoms. The Morgan fingerprint density at radius 2 is 1.63 bits per heavy atom. The number of anilines is 1. The average molecular weight is 360 g/mol. The lowest BCUT2D eigenvalue weighted by molar-refractivity contribution is 0.102. The van der Waals surface area contributed by atoms with Gasteiger partial charge in [0, 0.05) is 29.7 Å². The van der Waals surface area contributed by atoms with Crippen molar-refractivity contribution in [2.24, 2.45) is 0 Å². The molecule has 2 aromatic carbocycles. The van der Waals surface area contributed by atoms with Crippen LogP contribution in [0.1, 0.15) is 32.9 Å². The van der Waals surface area contributed by atoms with E-state index in [4.69, 9.17) is 0 Å². The molecule has 1 N–H and O–H groups in total. The first-order valence-electron chi connectivity index (χ1n) is 9.09. The van der Waals surface area contributed by atoms with Crippen LogP contribution in [-0.4, -0.2) is 10.5 Å². The molecular weight excluding hydrogens is 336 g/mol. The second-order valence-electron chi connectivity index (χ2n) is 6.77. The predicted molar refractivity (Wildman–Crippen MR) is 109 cm³/mol. The molecule has 0 bridgehead atoms. The maximum atomic E-state index is 12.8. The van der Waals surface area contributed by atoms with Crippen molar-refractivity contribution in [1.29, 1.82) is 0 Å². The molecule has 3 aromatic rings. The van der Waals surface area contributed by atoms with Gasteiger partial charge in [0.1, 0.15) is 5.56 Å². The lowest BCUT2D eigenvalue weighted by atomic mass is 10.1. The number of pyridine rings is 1. The molecule has 4 heteroatoms. The fourth-order valence-electron chi connectivity index (χ4n) is 3.32. The van der Waals surface area contributed by atoms with Gasteiger partial charge >= 0.3 is 0 Å². The zero-order chi connectivity index (χ0) is 19.4. The first kappa shape index (κ1) is 18.6. The molecule has 138 valence electrons. The number of carbonyl (C=O) groups excluding carboxylic acids is 1. The van der Waals surface area contributed by atoms with Gasteiger partial charge in [0.15, 0.2) is 5.43 Å². The number of benzene rings is 2. The highest BCUT2D eigenvalue weighted by molar-refractivity contribution is 6.05. The molecule has 0 aliphatic rings. The van der Waals surface area contributed by atoms with Crippen molar-refractivity contribution in [1.82, 2.24) is 4.57 Å². The van der Waals surface area contributed by atoms with E-state index in [1.165, 1.54) is 5.56 Å². The molecule has 4 nitrogen and oxygen atoms in total. The van der Waals surface area contributed by atoms with E-state index >= 15 is 0 Å². The monoisotopic (exact) mass is 360 g/mol. The smallest absolute Gasteiger partial charge is 0.261 e. The number of aromatic nitrogens is 1. The van der Waals surface area contributed by atoms with Crippen LogP contribution in [0.3, 0.4) is 0 Å². The highest BCUT2D eigenvalue weighted by Crippen LogP contribution is 2.16. The third-order valence-electron chi connectivity index (χ3n) is 4.87. The van der Waals surface area contributed by atoms with Gasteiger partial charge in [0.05, 0.1) is 0 Å². The molecule has 0 aliphatic carbocycles. The van der Waals surface area contributed by atoms with Crippen LogP contribution in [0.15, 0.2) is 65.5 Å². The van der Waals surface area contributed by atoms with Gasteiger partial charge in [0.2, 0.25) is 0 Å². The van der Waals surface area contributed by atoms with Crippen molar-refractivity contribution in [2.75, 3.05) is 5.32 Å². The lowest BCUT2D eigenvalue weighted by Crippen LogP contribution is -2.27. The van der Waals surface area contributed by atoms with Crippen molar-refractivity contribution in [3.63, 3.8) is 0 Å². The van der Waals surface area contributed by atoms with Gasteiger partial charge in [-0.2, -0.15) is 0 Å². The molecule has 0 aliphatic heterocycles. The molecule has 1 heterocycles. The van der Waals surface area contributed by atoms with Gasteiger partial charge in [0.25, 0.3) is 5.91 Å². The van der Waals surface area contributed by atoms with E-state index < -0.39 is 0 Å². The maximum absolute atomic E-state index is 12.8. The summed E-state index contributed by atoms with van der Waals surface area (Å²) in [6, 6.07) is 19.3. The van der Waals surface area contributed by atoms with E-state index in [-0.39, 0.29) is 16.9 Å². The van der Waals surface area contributed by atoms with Gasteiger partial charge in [-0.1, -0.05) is 48.5 Å². The standard InChI is InChI=1S/C23H24N2O2/c1-16-9-7-8-12-20(16)24-23(27)22-18(3)25(17(2)15-21(22)26)14-13-19-10-5-4-6-11-19/h4-12,15H,13-14H2,1-3H3,(H,24,27). The summed E-state index contributed by atoms with van der Waals surface area (Å²) in [5, 5.41) is 2.88. The van der Waals surface area contributed by atoms with Crippen LogP contribution < -0.4 is 10.7 Å². The zero-order valence-corrected chi connectivity index (χ0v) is 16.0. The number of hydrogen-bond acceptors (Lipinski definition) is 2. The summed E-state index contributed by atoms with van der Waals surface area (Å²) in [6.45, 7) is 6.39. The molecule has 0 saturated carbocycles. The summed E-state index contributed by atoms with van der Waals surface area (Å²) in [7, 11) is 0. The SMILES string of the molecule is Cc1ccccc1NC(=O)c1c(C)n(CCc2ccccc2)c(C)cc1=O. The van der Waals surface area contributed by atoms with Gasteiger partial charge in [-0.25, -0.2) is 0 Å². The maximum Gasteiger partial charge on any atom is 0.261 e. The Hall–Kier alpha value is -3.14. The van der Waals surface area contributed by atoms with Gasteiger partial charge < -0.3 is 9.88 Å². The van der Waals surface area contributed by atoms with Crippen molar-refractivity contribution in [3.8, 4) is 0 Å². The minimum absolute atomic E-state index is 0.205. The third-order valence-corrected chi connectivity index (χ3v) is 4.87. The highest BCUT2D eigenvalue weighted by Gasteiger charge is 2.18. The Labute approximate surface area is 159 Å². The summed E-state index contributed by atoms with van der Waals surface area (Å²) in [5.74, 6) is -0.361. The van der Waals surface area contributed by atoms with Gasteiger partial charge in [-0.3, -0.25) is 9.59 Å². The fourth-order valence-corrected chi connectivity index (χ4v) is 3.32. The normalized spacial score (nSPS) is 10.6. The second kappa shape index (κ2) is 8.04. The second-order valence-corrected chi connectivity index (χ2v) is 6.77. The number of nitrogens with zero attached hydrogens (tertiary/aromatic N) is 1. The van der Waals surface area contributed by atoms with Crippen LogP contribution in [0.4, 0.5) is 5.69 Å². The van der Waals surface area contributed by atoms with E-state index in [0.29, 0.717) is 12.2 Å². The molecule has 0 radical (unpaired) electrons. The number of carbonyl (C=O) groups is 1. The summed E-state index contributed by atoms with van der Waals surface area (Å²) in [5.41, 5.74) is 4.42. The summed E-state index contributed by atoms with van der Waals surface area (Å²) in [4.78, 5) is 25.4. The molecule has 0 atom stereocenters. The van der Waals surface area contributed by atoms with Crippen LogP contribution in [0, 0.1) is 20.8 Å². The fraction of sp³-hybridized carbons (Fsp3) is 0.217. The number of aryl methyl sites for hydroxylation is 3. The van der Waals surface area contributed by atoms with Gasteiger partial charge in [-0.15, -0.1) is 0 Å². The zero-order valence-electron chi connectivity index (χ0n) is 16.0. The average Bonchev–Trinajstić information content (AvgIpc) is 2.64. The van der Waals surface area contributed by atoms with Crippen LogP contribution in [0.2, 0.25) is 0 Å². The molecule has 1 amide bonds. The Balaban J connectivity index is 1.90. The number of amides is 1. The molecule has 0 unspecified atom stereocenters. The highest BCUT2D eigenvalue weighted by atomic mass is 16.2. The van der Waals surface area contributed by atoms with E-state index in [1.54, 1.807) is 6.07 Å². The quantitative estimate of drug-likeness (QED) is 0.739. The summed E-state index contributed by atoms with van der Waals surface area (Å²) >= 11 is 0. The molecule has 3 rings (SSSR count). The third kappa shape index (κ3) is 4.17. The van der Waals surface area contributed by atoms with Gasteiger partial charge in [-0.05, 0) is 44.4 Å². The van der Waals surface area contributed by atoms with Crippen LogP contribution >= 0.6 is 0 Å². The predicted octanol–water partition coefficient (Wildman–Crippen LogP) is 4.27. The Bertz CT molecular complexity index is 1020. The molecular formula is C23H24N2O2. The summed E-state index contributed by atoms with van der Waals surface area (Å²) in [6.07, 6.45) is 0.838. The Morgan fingerprint density at radius 1 is 0.963 bits per heavy atom. The van der Waals surface area contributed by atoms with Crippen LogP contribution in [-0.2, 0) is 13.0 Å². The van der Waals surface area contributed by atoms with Crippen LogP contribution in [0.25, 0.3) is 0 Å². The largest absolute Gasteiger partial charge is 0.348 e. The Kier molecular flexibility index (Phi) is 5.55. The minimum atomic E-state index is -0.361. The minimum Gasteiger partial charge on any atom is -0.348 e. The Morgan fingerprint density at radius 3 is 2.33 bits per heavy atom. The van der Waals surface area contributed by atoms with Crippen molar-refractivity contribution < 1.29 is 4.79 Å². The van der Waals surface area contributed by atoms with Crippen molar-refractivity contribution >= 4 is 11.6 Å². The van der Waals surface area contributed by atoms with E-state index in [0.717, 1.165) is 23.4 Å². The number of nitrogens with one attached hydrogen (secondary N) is 1. The molecule has 0 fully saturated rings. The first-order chi connectivity index (χ1) is 13.0. The van der Waals surface area contributed by atoms with Crippen molar-refractivity contribution in [2.45, 2.75) is 33.7 Å². The number of rotatable bonds is 5. The topological polar surface area (TPSA) is 51.1 Å². The van der Waals surface area contributed by atoms with E-state index in [1.807, 2.05) is 67.8 Å². The number of hydrogen-bond donors (Lipinski definition) is 1. The molecule has 1 aromatic heterocycles.